The molecular formula is C15H18N4O2. The molecular weight excluding hydrogens is 268 g/mol. The Labute approximate surface area is 123 Å². The van der Waals surface area contributed by atoms with Crippen molar-refractivity contribution in [3.63, 3.8) is 0 Å². The molecule has 1 heterocycles. The maximum atomic E-state index is 12.1. The first-order valence-electron chi connectivity index (χ1n) is 6.43. The van der Waals surface area contributed by atoms with Crippen molar-refractivity contribution in [1.82, 2.24) is 9.47 Å². The maximum Gasteiger partial charge on any atom is 0.272 e. The van der Waals surface area contributed by atoms with Gasteiger partial charge in [-0.1, -0.05) is 0 Å². The highest BCUT2D eigenvalue weighted by atomic mass is 16.2. The van der Waals surface area contributed by atoms with E-state index >= 15 is 0 Å². The van der Waals surface area contributed by atoms with E-state index in [0.29, 0.717) is 22.6 Å². The minimum atomic E-state index is -0.249. The smallest absolute Gasteiger partial charge is 0.272 e. The molecule has 0 spiro atoms. The number of nitrogens with two attached hydrogens (primary N) is 1. The van der Waals surface area contributed by atoms with Crippen molar-refractivity contribution in [2.24, 2.45) is 7.05 Å². The lowest BCUT2D eigenvalue weighted by atomic mass is 10.2. The molecule has 0 saturated carbocycles. The van der Waals surface area contributed by atoms with E-state index in [1.807, 2.05) is 0 Å². The average Bonchev–Trinajstić information content (AvgIpc) is 2.77. The second-order valence-corrected chi connectivity index (χ2v) is 5.00. The summed E-state index contributed by atoms with van der Waals surface area (Å²) in [6.45, 7) is 0. The van der Waals surface area contributed by atoms with Crippen LogP contribution in [0, 0.1) is 0 Å². The number of carbonyl (C=O) groups is 2. The van der Waals surface area contributed by atoms with E-state index in [-0.39, 0.29) is 11.8 Å². The van der Waals surface area contributed by atoms with Gasteiger partial charge in [0.05, 0.1) is 5.69 Å². The summed E-state index contributed by atoms with van der Waals surface area (Å²) >= 11 is 0. The largest absolute Gasteiger partial charge is 0.397 e. The van der Waals surface area contributed by atoms with E-state index in [0.717, 1.165) is 0 Å². The summed E-state index contributed by atoms with van der Waals surface area (Å²) < 4.78 is 1.66. The van der Waals surface area contributed by atoms with E-state index in [9.17, 15) is 9.59 Å². The van der Waals surface area contributed by atoms with Gasteiger partial charge in [-0.25, -0.2) is 0 Å². The standard InChI is InChI=1S/C15H18N4O2/c1-18(2)15(21)10-4-6-12(7-5-10)17-14(20)13-8-11(16)9-19(13)3/h4-9H,16H2,1-3H3,(H,17,20). The summed E-state index contributed by atoms with van der Waals surface area (Å²) in [7, 11) is 5.14. The fraction of sp³-hybridized carbons (Fsp3) is 0.200. The number of aromatic nitrogens is 1. The zero-order chi connectivity index (χ0) is 15.6. The van der Waals surface area contributed by atoms with Crippen molar-refractivity contribution < 1.29 is 9.59 Å². The van der Waals surface area contributed by atoms with Gasteiger partial charge >= 0.3 is 0 Å². The van der Waals surface area contributed by atoms with Crippen LogP contribution in [0.5, 0.6) is 0 Å². The fourth-order valence-corrected chi connectivity index (χ4v) is 1.97. The number of rotatable bonds is 3. The normalized spacial score (nSPS) is 10.2. The highest BCUT2D eigenvalue weighted by Gasteiger charge is 2.12. The number of nitrogens with zero attached hydrogens (tertiary/aromatic N) is 2. The van der Waals surface area contributed by atoms with E-state index in [2.05, 4.69) is 5.32 Å². The maximum absolute atomic E-state index is 12.1. The van der Waals surface area contributed by atoms with Crippen molar-refractivity contribution >= 4 is 23.2 Å². The Morgan fingerprint density at radius 2 is 1.81 bits per heavy atom. The Morgan fingerprint density at radius 3 is 2.29 bits per heavy atom. The summed E-state index contributed by atoms with van der Waals surface area (Å²) in [6.07, 6.45) is 1.67. The molecule has 0 aliphatic heterocycles. The Balaban J connectivity index is 2.12. The first-order chi connectivity index (χ1) is 9.88. The Morgan fingerprint density at radius 1 is 1.19 bits per heavy atom. The van der Waals surface area contributed by atoms with Crippen molar-refractivity contribution in [3.8, 4) is 0 Å². The molecule has 21 heavy (non-hydrogen) atoms. The van der Waals surface area contributed by atoms with Crippen LogP contribution < -0.4 is 11.1 Å². The van der Waals surface area contributed by atoms with Gasteiger partial charge in [-0.15, -0.1) is 0 Å². The molecule has 2 rings (SSSR count). The lowest BCUT2D eigenvalue weighted by Gasteiger charge is -2.11. The van der Waals surface area contributed by atoms with Crippen LogP contribution in [0.4, 0.5) is 11.4 Å². The lowest BCUT2D eigenvalue weighted by molar-refractivity contribution is 0.0827. The Hall–Kier alpha value is -2.76. The van der Waals surface area contributed by atoms with Crippen molar-refractivity contribution in [2.75, 3.05) is 25.1 Å². The third-order valence-corrected chi connectivity index (χ3v) is 3.05. The molecule has 0 atom stereocenters. The number of aryl methyl sites for hydroxylation is 1. The van der Waals surface area contributed by atoms with Gasteiger partial charge in [0, 0.05) is 38.6 Å². The third kappa shape index (κ3) is 3.22. The quantitative estimate of drug-likeness (QED) is 0.898. The average molecular weight is 286 g/mol. The summed E-state index contributed by atoms with van der Waals surface area (Å²) in [6, 6.07) is 8.36. The molecule has 0 fully saturated rings. The van der Waals surface area contributed by atoms with E-state index in [1.54, 1.807) is 62.2 Å². The number of amides is 2. The molecule has 0 aliphatic carbocycles. The van der Waals surface area contributed by atoms with Crippen molar-refractivity contribution in [1.29, 1.82) is 0 Å². The minimum absolute atomic E-state index is 0.0805. The van der Waals surface area contributed by atoms with Crippen molar-refractivity contribution in [2.45, 2.75) is 0 Å². The van der Waals surface area contributed by atoms with Gasteiger partial charge in [0.15, 0.2) is 0 Å². The topological polar surface area (TPSA) is 80.4 Å². The van der Waals surface area contributed by atoms with Gasteiger partial charge in [-0.3, -0.25) is 9.59 Å². The first kappa shape index (κ1) is 14.6. The third-order valence-electron chi connectivity index (χ3n) is 3.05. The zero-order valence-electron chi connectivity index (χ0n) is 12.3. The summed E-state index contributed by atoms with van der Waals surface area (Å²) in [5.74, 6) is -0.330. The van der Waals surface area contributed by atoms with Crippen LogP contribution in [-0.2, 0) is 7.05 Å². The van der Waals surface area contributed by atoms with Crippen LogP contribution in [-0.4, -0.2) is 35.4 Å². The molecule has 0 aliphatic rings. The van der Waals surface area contributed by atoms with Crippen LogP contribution in [0.3, 0.4) is 0 Å². The highest BCUT2D eigenvalue weighted by molar-refractivity contribution is 6.04. The van der Waals surface area contributed by atoms with Crippen LogP contribution in [0.1, 0.15) is 20.8 Å². The van der Waals surface area contributed by atoms with Gasteiger partial charge in [0.2, 0.25) is 0 Å². The van der Waals surface area contributed by atoms with Gasteiger partial charge in [0.25, 0.3) is 11.8 Å². The molecule has 1 aromatic heterocycles. The monoisotopic (exact) mass is 286 g/mol. The molecule has 110 valence electrons. The number of hydrogen-bond acceptors (Lipinski definition) is 3. The molecule has 3 N–H and O–H groups in total. The van der Waals surface area contributed by atoms with Crippen LogP contribution in [0.15, 0.2) is 36.5 Å². The Kier molecular flexibility index (Phi) is 3.98. The molecule has 0 saturated heterocycles. The molecule has 2 amide bonds. The summed E-state index contributed by atoms with van der Waals surface area (Å²) in [5, 5.41) is 2.77. The SMILES string of the molecule is CN(C)C(=O)c1ccc(NC(=O)c2cc(N)cn2C)cc1. The fourth-order valence-electron chi connectivity index (χ4n) is 1.97. The first-order valence-corrected chi connectivity index (χ1v) is 6.43. The number of carbonyl (C=O) groups excluding carboxylic acids is 2. The molecule has 0 radical (unpaired) electrons. The predicted octanol–water partition coefficient (Wildman–Crippen LogP) is 1.56. The predicted molar refractivity (Wildman–Crippen MR) is 82.2 cm³/mol. The van der Waals surface area contributed by atoms with Gasteiger partial charge in [-0.2, -0.15) is 0 Å². The number of nitrogens with one attached hydrogen (secondary N) is 1. The molecule has 0 bridgehead atoms. The minimum Gasteiger partial charge on any atom is -0.397 e. The molecule has 0 unspecified atom stereocenters. The van der Waals surface area contributed by atoms with Crippen LogP contribution in [0.2, 0.25) is 0 Å². The van der Waals surface area contributed by atoms with Gasteiger partial charge in [0.1, 0.15) is 5.69 Å². The highest BCUT2D eigenvalue weighted by Crippen LogP contribution is 2.14. The number of hydrogen-bond donors (Lipinski definition) is 2. The summed E-state index contributed by atoms with van der Waals surface area (Å²) in [5.41, 5.74) is 7.85. The molecule has 2 aromatic rings. The van der Waals surface area contributed by atoms with Crippen LogP contribution >= 0.6 is 0 Å². The second kappa shape index (κ2) is 5.70. The summed E-state index contributed by atoms with van der Waals surface area (Å²) in [4.78, 5) is 25.4. The van der Waals surface area contributed by atoms with E-state index < -0.39 is 0 Å². The van der Waals surface area contributed by atoms with Crippen molar-refractivity contribution in [3.05, 3.63) is 47.8 Å². The Bertz CT molecular complexity index is 671. The second-order valence-electron chi connectivity index (χ2n) is 5.00. The van der Waals surface area contributed by atoms with Gasteiger partial charge in [-0.05, 0) is 30.3 Å². The molecule has 1 aromatic carbocycles. The van der Waals surface area contributed by atoms with E-state index in [4.69, 9.17) is 5.73 Å². The van der Waals surface area contributed by atoms with Crippen LogP contribution in [0.25, 0.3) is 0 Å². The van der Waals surface area contributed by atoms with Gasteiger partial charge < -0.3 is 20.5 Å². The number of anilines is 2. The zero-order valence-corrected chi connectivity index (χ0v) is 12.3. The lowest BCUT2D eigenvalue weighted by Crippen LogP contribution is -2.21. The number of nitrogen functional groups attached to an aromatic ring is 1. The molecule has 6 heteroatoms. The molecule has 6 nitrogen and oxygen atoms in total. The van der Waals surface area contributed by atoms with E-state index in [1.165, 1.54) is 4.90 Å². The number of benzene rings is 1.